The molecule has 142 valence electrons. The Morgan fingerprint density at radius 3 is 2.39 bits per heavy atom. The molecule has 2 atom stereocenters. The number of hydrogen-bond donors (Lipinski definition) is 0. The fraction of sp³-hybridized carbons (Fsp3) is 0.217. The molecule has 0 fully saturated rings. The summed E-state index contributed by atoms with van der Waals surface area (Å²) in [4.78, 5) is 30.2. The van der Waals surface area contributed by atoms with Crippen LogP contribution < -0.4 is 9.80 Å². The molecule has 4 nitrogen and oxygen atoms in total. The van der Waals surface area contributed by atoms with Crippen LogP contribution in [0.15, 0.2) is 72.1 Å². The Bertz CT molecular complexity index is 985. The molecule has 0 bridgehead atoms. The van der Waals surface area contributed by atoms with Crippen LogP contribution in [0.2, 0.25) is 0 Å². The number of fused-ring (bicyclic) bond motifs is 1. The lowest BCUT2D eigenvalue weighted by Gasteiger charge is -2.43. The van der Waals surface area contributed by atoms with Crippen molar-refractivity contribution in [3.05, 3.63) is 82.6 Å². The van der Waals surface area contributed by atoms with Crippen molar-refractivity contribution in [2.45, 2.75) is 32.4 Å². The molecule has 2 unspecified atom stereocenters. The van der Waals surface area contributed by atoms with Gasteiger partial charge in [0.15, 0.2) is 0 Å². The summed E-state index contributed by atoms with van der Waals surface area (Å²) in [5.41, 5.74) is 2.76. The van der Waals surface area contributed by atoms with Crippen LogP contribution in [0.4, 0.5) is 11.4 Å². The summed E-state index contributed by atoms with van der Waals surface area (Å²) in [5, 5.41) is 1.92. The average Bonchev–Trinajstić information content (AvgIpc) is 3.23. The number of rotatable bonds is 3. The summed E-state index contributed by atoms with van der Waals surface area (Å²) in [6.45, 7) is 3.65. The molecule has 3 aromatic rings. The zero-order valence-electron chi connectivity index (χ0n) is 15.9. The highest BCUT2D eigenvalue weighted by molar-refractivity contribution is 7.12. The maximum atomic E-state index is 13.2. The summed E-state index contributed by atoms with van der Waals surface area (Å²) in [5.74, 6) is 0.0127. The van der Waals surface area contributed by atoms with Crippen LogP contribution in [0.25, 0.3) is 0 Å². The standard InChI is InChI=1S/C23H22N2O2S/c1-16-15-21(25(17(2)26)18-9-4-3-5-10-18)19-11-6-7-12-20(19)24(16)23(27)22-13-8-14-28-22/h3-14,16,21H,15H2,1-2H3. The van der Waals surface area contributed by atoms with Crippen LogP contribution in [0, 0.1) is 0 Å². The quantitative estimate of drug-likeness (QED) is 0.610. The van der Waals surface area contributed by atoms with E-state index < -0.39 is 0 Å². The van der Waals surface area contributed by atoms with Crippen LogP contribution in [0.5, 0.6) is 0 Å². The van der Waals surface area contributed by atoms with Gasteiger partial charge < -0.3 is 9.80 Å². The lowest BCUT2D eigenvalue weighted by Crippen LogP contribution is -2.47. The number of nitrogens with zero attached hydrogens (tertiary/aromatic N) is 2. The highest BCUT2D eigenvalue weighted by atomic mass is 32.1. The van der Waals surface area contributed by atoms with Gasteiger partial charge in [-0.25, -0.2) is 0 Å². The van der Waals surface area contributed by atoms with Gasteiger partial charge in [-0.15, -0.1) is 11.3 Å². The summed E-state index contributed by atoms with van der Waals surface area (Å²) in [6.07, 6.45) is 0.683. The number of para-hydroxylation sites is 2. The van der Waals surface area contributed by atoms with Crippen LogP contribution in [-0.2, 0) is 4.79 Å². The van der Waals surface area contributed by atoms with Crippen molar-refractivity contribution in [2.75, 3.05) is 9.80 Å². The first-order valence-electron chi connectivity index (χ1n) is 9.38. The van der Waals surface area contributed by atoms with E-state index in [0.717, 1.165) is 21.8 Å². The van der Waals surface area contributed by atoms with Crippen molar-refractivity contribution in [2.24, 2.45) is 0 Å². The van der Waals surface area contributed by atoms with Gasteiger partial charge >= 0.3 is 0 Å². The molecular weight excluding hydrogens is 368 g/mol. The third-order valence-electron chi connectivity index (χ3n) is 5.20. The van der Waals surface area contributed by atoms with Gasteiger partial charge in [0.2, 0.25) is 5.91 Å². The largest absolute Gasteiger partial charge is 0.305 e. The van der Waals surface area contributed by atoms with E-state index in [9.17, 15) is 9.59 Å². The number of thiophene rings is 1. The molecule has 0 spiro atoms. The molecule has 1 aromatic heterocycles. The number of benzene rings is 2. The number of anilines is 2. The van der Waals surface area contributed by atoms with Gasteiger partial charge in [-0.05, 0) is 48.6 Å². The number of carbonyl (C=O) groups is 2. The zero-order chi connectivity index (χ0) is 19.7. The summed E-state index contributed by atoms with van der Waals surface area (Å²) >= 11 is 1.45. The molecule has 2 amide bonds. The fourth-order valence-electron chi connectivity index (χ4n) is 4.02. The topological polar surface area (TPSA) is 40.6 Å². The predicted octanol–water partition coefficient (Wildman–Crippen LogP) is 5.28. The number of amides is 2. The molecule has 28 heavy (non-hydrogen) atoms. The molecule has 4 rings (SSSR count). The predicted molar refractivity (Wildman–Crippen MR) is 114 cm³/mol. The molecule has 5 heteroatoms. The van der Waals surface area contributed by atoms with E-state index in [2.05, 4.69) is 6.92 Å². The molecule has 2 heterocycles. The van der Waals surface area contributed by atoms with Crippen molar-refractivity contribution in [1.29, 1.82) is 0 Å². The van der Waals surface area contributed by atoms with Crippen molar-refractivity contribution >= 4 is 34.5 Å². The molecule has 0 N–H and O–H groups in total. The minimum Gasteiger partial charge on any atom is -0.305 e. The fourth-order valence-corrected chi connectivity index (χ4v) is 4.68. The normalized spacial score (nSPS) is 18.4. The third-order valence-corrected chi connectivity index (χ3v) is 6.05. The average molecular weight is 391 g/mol. The Hall–Kier alpha value is -2.92. The van der Waals surface area contributed by atoms with Gasteiger partial charge in [0, 0.05) is 24.3 Å². The molecule has 0 aliphatic carbocycles. The summed E-state index contributed by atoms with van der Waals surface area (Å²) in [6, 6.07) is 21.3. The minimum atomic E-state index is -0.113. The molecule has 1 aliphatic heterocycles. The Labute approximate surface area is 169 Å². The lowest BCUT2D eigenvalue weighted by atomic mass is 9.89. The van der Waals surface area contributed by atoms with Gasteiger partial charge in [-0.1, -0.05) is 42.5 Å². The molecule has 0 saturated heterocycles. The smallest absolute Gasteiger partial charge is 0.268 e. The van der Waals surface area contributed by atoms with Crippen molar-refractivity contribution in [3.8, 4) is 0 Å². The van der Waals surface area contributed by atoms with E-state index >= 15 is 0 Å². The van der Waals surface area contributed by atoms with E-state index in [-0.39, 0.29) is 23.9 Å². The SMILES string of the molecule is CC(=O)N(c1ccccc1)C1CC(C)N(C(=O)c2cccs2)c2ccccc21. The van der Waals surface area contributed by atoms with Gasteiger partial charge in [0.25, 0.3) is 5.91 Å². The zero-order valence-corrected chi connectivity index (χ0v) is 16.7. The molecule has 0 saturated carbocycles. The highest BCUT2D eigenvalue weighted by Gasteiger charge is 2.38. The van der Waals surface area contributed by atoms with Gasteiger partial charge in [-0.3, -0.25) is 9.59 Å². The Morgan fingerprint density at radius 1 is 1.00 bits per heavy atom. The second-order valence-electron chi connectivity index (χ2n) is 7.04. The van der Waals surface area contributed by atoms with Crippen LogP contribution in [-0.4, -0.2) is 17.9 Å². The monoisotopic (exact) mass is 390 g/mol. The number of hydrogen-bond acceptors (Lipinski definition) is 3. The van der Waals surface area contributed by atoms with E-state index in [1.807, 2.05) is 81.9 Å². The maximum Gasteiger partial charge on any atom is 0.268 e. The van der Waals surface area contributed by atoms with Crippen LogP contribution in [0.1, 0.15) is 41.5 Å². The van der Waals surface area contributed by atoms with E-state index in [0.29, 0.717) is 6.42 Å². The molecule has 1 aliphatic rings. The number of carbonyl (C=O) groups excluding carboxylic acids is 2. The van der Waals surface area contributed by atoms with Gasteiger partial charge in [0.1, 0.15) is 0 Å². The van der Waals surface area contributed by atoms with Gasteiger partial charge in [-0.2, -0.15) is 0 Å². The summed E-state index contributed by atoms with van der Waals surface area (Å²) in [7, 11) is 0. The lowest BCUT2D eigenvalue weighted by molar-refractivity contribution is -0.117. The van der Waals surface area contributed by atoms with Crippen molar-refractivity contribution in [3.63, 3.8) is 0 Å². The first kappa shape index (κ1) is 18.4. The second-order valence-corrected chi connectivity index (χ2v) is 7.98. The maximum absolute atomic E-state index is 13.2. The van der Waals surface area contributed by atoms with Crippen molar-refractivity contribution < 1.29 is 9.59 Å². The van der Waals surface area contributed by atoms with Crippen LogP contribution >= 0.6 is 11.3 Å². The Balaban J connectivity index is 1.79. The third kappa shape index (κ3) is 3.22. The van der Waals surface area contributed by atoms with Crippen LogP contribution in [0.3, 0.4) is 0 Å². The first-order chi connectivity index (χ1) is 13.6. The van der Waals surface area contributed by atoms with Crippen molar-refractivity contribution in [1.82, 2.24) is 0 Å². The molecule has 2 aromatic carbocycles. The van der Waals surface area contributed by atoms with Gasteiger partial charge in [0.05, 0.1) is 10.9 Å². The summed E-state index contributed by atoms with van der Waals surface area (Å²) < 4.78 is 0. The molecular formula is C23H22N2O2S. The minimum absolute atomic E-state index is 0.00348. The Morgan fingerprint density at radius 2 is 1.71 bits per heavy atom. The van der Waals surface area contributed by atoms with E-state index in [4.69, 9.17) is 0 Å². The second kappa shape index (κ2) is 7.60. The molecule has 0 radical (unpaired) electrons. The highest BCUT2D eigenvalue weighted by Crippen LogP contribution is 2.42. The van der Waals surface area contributed by atoms with E-state index in [1.165, 1.54) is 11.3 Å². The first-order valence-corrected chi connectivity index (χ1v) is 10.3. The van der Waals surface area contributed by atoms with E-state index in [1.54, 1.807) is 6.92 Å². The Kier molecular flexibility index (Phi) is 5.01.